The van der Waals surface area contributed by atoms with E-state index >= 15 is 0 Å². The highest BCUT2D eigenvalue weighted by Gasteiger charge is 2.17. The second kappa shape index (κ2) is 3.74. The molecule has 0 radical (unpaired) electrons. The molecule has 0 atom stereocenters. The molecule has 5 heteroatoms. The van der Waals surface area contributed by atoms with Crippen molar-refractivity contribution in [3.05, 3.63) is 28.0 Å². The molecule has 0 fully saturated rings. The van der Waals surface area contributed by atoms with Gasteiger partial charge in [0.2, 0.25) is 0 Å². The van der Waals surface area contributed by atoms with E-state index in [0.717, 1.165) is 0 Å². The van der Waals surface area contributed by atoms with E-state index in [0.29, 0.717) is 0 Å². The number of halogens is 2. The lowest BCUT2D eigenvalue weighted by molar-refractivity contribution is 0.0600. The molecule has 1 rings (SSSR count). The Kier molecular flexibility index (Phi) is 2.87. The van der Waals surface area contributed by atoms with E-state index < -0.39 is 11.8 Å². The molecule has 0 saturated carbocycles. The number of rotatable bonds is 1. The van der Waals surface area contributed by atoms with Crippen LogP contribution in [0.2, 0.25) is 0 Å². The average Bonchev–Trinajstić information content (AvgIpc) is 2.12. The zero-order valence-corrected chi connectivity index (χ0v) is 8.39. The molecule has 0 heterocycles. The second-order valence-corrected chi connectivity index (χ2v) is 3.11. The molecule has 0 spiro atoms. The fourth-order valence-electron chi connectivity index (χ4n) is 0.875. The normalized spacial score (nSPS) is 9.77. The third-order valence-electron chi connectivity index (χ3n) is 1.52. The van der Waals surface area contributed by atoms with Gasteiger partial charge in [0.1, 0.15) is 5.82 Å². The summed E-state index contributed by atoms with van der Waals surface area (Å²) in [6.45, 7) is 0. The van der Waals surface area contributed by atoms with Gasteiger partial charge >= 0.3 is 5.97 Å². The zero-order valence-electron chi connectivity index (χ0n) is 6.80. The van der Waals surface area contributed by atoms with Crippen LogP contribution in [0, 0.1) is 5.82 Å². The summed E-state index contributed by atoms with van der Waals surface area (Å²) in [5.74, 6) is -1.21. The number of nitrogen functional groups attached to an aromatic ring is 1. The summed E-state index contributed by atoms with van der Waals surface area (Å²) in [5.41, 5.74) is 5.67. The molecule has 2 N–H and O–H groups in total. The first-order valence-corrected chi connectivity index (χ1v) is 4.19. The average molecular weight is 248 g/mol. The molecule has 0 aliphatic heterocycles. The van der Waals surface area contributed by atoms with Crippen molar-refractivity contribution in [2.24, 2.45) is 0 Å². The van der Waals surface area contributed by atoms with Crippen LogP contribution in [-0.4, -0.2) is 13.1 Å². The fraction of sp³-hybridized carbons (Fsp3) is 0.125. The van der Waals surface area contributed by atoms with E-state index in [2.05, 4.69) is 20.7 Å². The van der Waals surface area contributed by atoms with Crippen LogP contribution < -0.4 is 5.73 Å². The van der Waals surface area contributed by atoms with Crippen LogP contribution in [0.4, 0.5) is 10.1 Å². The van der Waals surface area contributed by atoms with Gasteiger partial charge in [-0.1, -0.05) is 0 Å². The molecule has 1 aromatic carbocycles. The van der Waals surface area contributed by atoms with Crippen LogP contribution in [0.5, 0.6) is 0 Å². The maximum atomic E-state index is 12.9. The lowest BCUT2D eigenvalue weighted by Gasteiger charge is -2.06. The third kappa shape index (κ3) is 1.80. The number of benzene rings is 1. The number of ether oxygens (including phenoxy) is 1. The maximum Gasteiger partial charge on any atom is 0.341 e. The summed E-state index contributed by atoms with van der Waals surface area (Å²) in [7, 11) is 1.21. The maximum absolute atomic E-state index is 12.9. The predicted octanol–water partition coefficient (Wildman–Crippen LogP) is 1.96. The monoisotopic (exact) mass is 247 g/mol. The topological polar surface area (TPSA) is 52.3 Å². The van der Waals surface area contributed by atoms with Gasteiger partial charge in [0.15, 0.2) is 0 Å². The highest BCUT2D eigenvalue weighted by Crippen LogP contribution is 2.26. The molecule has 0 amide bonds. The highest BCUT2D eigenvalue weighted by molar-refractivity contribution is 9.10. The molecule has 0 aliphatic rings. The standard InChI is InChI=1S/C8H7BrFNO2/c1-13-8(12)6-5(11)3-2-4(10)7(6)9/h2-3H,11H2,1H3. The van der Waals surface area contributed by atoms with Crippen molar-refractivity contribution in [1.29, 1.82) is 0 Å². The molecule has 0 unspecified atom stereocenters. The molecule has 0 bridgehead atoms. The van der Waals surface area contributed by atoms with Gasteiger partial charge in [-0.25, -0.2) is 9.18 Å². The van der Waals surface area contributed by atoms with Gasteiger partial charge < -0.3 is 10.5 Å². The van der Waals surface area contributed by atoms with Gasteiger partial charge in [-0.2, -0.15) is 0 Å². The molecular formula is C8H7BrFNO2. The first-order chi connectivity index (χ1) is 6.07. The van der Waals surface area contributed by atoms with Gasteiger partial charge in [-0.05, 0) is 28.1 Å². The van der Waals surface area contributed by atoms with Crippen molar-refractivity contribution in [2.75, 3.05) is 12.8 Å². The number of anilines is 1. The van der Waals surface area contributed by atoms with Crippen molar-refractivity contribution in [3.63, 3.8) is 0 Å². The summed E-state index contributed by atoms with van der Waals surface area (Å²) >= 11 is 2.92. The van der Waals surface area contributed by atoms with Crippen molar-refractivity contribution < 1.29 is 13.9 Å². The minimum atomic E-state index is -0.663. The molecule has 3 nitrogen and oxygen atoms in total. The zero-order chi connectivity index (χ0) is 10.0. The molecular weight excluding hydrogens is 241 g/mol. The van der Waals surface area contributed by atoms with Crippen molar-refractivity contribution >= 4 is 27.6 Å². The lowest BCUT2D eigenvalue weighted by atomic mass is 10.2. The summed E-state index contributed by atoms with van der Waals surface area (Å²) in [6, 6.07) is 2.48. The van der Waals surface area contributed by atoms with E-state index in [4.69, 9.17) is 5.73 Å². The van der Waals surface area contributed by atoms with E-state index in [-0.39, 0.29) is 15.7 Å². The minimum absolute atomic E-state index is 0.0162. The summed E-state index contributed by atoms with van der Waals surface area (Å²) in [4.78, 5) is 11.1. The number of esters is 1. The Balaban J connectivity index is 3.33. The van der Waals surface area contributed by atoms with E-state index in [1.54, 1.807) is 0 Å². The number of hydrogen-bond acceptors (Lipinski definition) is 3. The van der Waals surface area contributed by atoms with Gasteiger partial charge in [0.25, 0.3) is 0 Å². The largest absolute Gasteiger partial charge is 0.465 e. The number of nitrogens with two attached hydrogens (primary N) is 1. The Morgan fingerprint density at radius 1 is 1.62 bits per heavy atom. The molecule has 70 valence electrons. The van der Waals surface area contributed by atoms with Gasteiger partial charge in [0, 0.05) is 5.69 Å². The van der Waals surface area contributed by atoms with Crippen molar-refractivity contribution in [3.8, 4) is 0 Å². The van der Waals surface area contributed by atoms with Gasteiger partial charge in [0.05, 0.1) is 17.1 Å². The van der Waals surface area contributed by atoms with Crippen LogP contribution in [-0.2, 0) is 4.74 Å². The van der Waals surface area contributed by atoms with Crippen molar-refractivity contribution in [1.82, 2.24) is 0 Å². The van der Waals surface area contributed by atoms with Crippen LogP contribution in [0.1, 0.15) is 10.4 Å². The molecule has 0 aliphatic carbocycles. The quantitative estimate of drug-likeness (QED) is 0.610. The fourth-order valence-corrected chi connectivity index (χ4v) is 1.40. The smallest absolute Gasteiger partial charge is 0.341 e. The second-order valence-electron chi connectivity index (χ2n) is 2.32. The van der Waals surface area contributed by atoms with Crippen LogP contribution in [0.15, 0.2) is 16.6 Å². The lowest BCUT2D eigenvalue weighted by Crippen LogP contribution is -2.07. The van der Waals surface area contributed by atoms with Gasteiger partial charge in [-0.15, -0.1) is 0 Å². The van der Waals surface area contributed by atoms with Crippen LogP contribution >= 0.6 is 15.9 Å². The Bertz CT molecular complexity index is 354. The predicted molar refractivity (Wildman–Crippen MR) is 49.9 cm³/mol. The number of carbonyl (C=O) groups is 1. The first kappa shape index (κ1) is 9.98. The first-order valence-electron chi connectivity index (χ1n) is 3.39. The Morgan fingerprint density at radius 2 is 2.23 bits per heavy atom. The minimum Gasteiger partial charge on any atom is -0.465 e. The van der Waals surface area contributed by atoms with E-state index in [9.17, 15) is 9.18 Å². The Labute approximate surface area is 82.8 Å². The Hall–Kier alpha value is -1.10. The molecule has 13 heavy (non-hydrogen) atoms. The molecule has 1 aromatic rings. The summed E-state index contributed by atoms with van der Waals surface area (Å²) in [5, 5.41) is 0. The van der Waals surface area contributed by atoms with Gasteiger partial charge in [-0.3, -0.25) is 0 Å². The SMILES string of the molecule is COC(=O)c1c(N)ccc(F)c1Br. The Morgan fingerprint density at radius 3 is 2.77 bits per heavy atom. The summed E-state index contributed by atoms with van der Waals surface area (Å²) < 4.78 is 17.4. The number of hydrogen-bond donors (Lipinski definition) is 1. The highest BCUT2D eigenvalue weighted by atomic mass is 79.9. The number of carbonyl (C=O) groups excluding carboxylic acids is 1. The molecule has 0 aromatic heterocycles. The van der Waals surface area contributed by atoms with E-state index in [1.165, 1.54) is 19.2 Å². The molecule has 0 saturated heterocycles. The van der Waals surface area contributed by atoms with Crippen LogP contribution in [0.3, 0.4) is 0 Å². The van der Waals surface area contributed by atoms with E-state index in [1.807, 2.05) is 0 Å². The number of methoxy groups -OCH3 is 1. The van der Waals surface area contributed by atoms with Crippen LogP contribution in [0.25, 0.3) is 0 Å². The third-order valence-corrected chi connectivity index (χ3v) is 2.29. The van der Waals surface area contributed by atoms with Crippen molar-refractivity contribution in [2.45, 2.75) is 0 Å². The summed E-state index contributed by atoms with van der Waals surface area (Å²) in [6.07, 6.45) is 0.